The molecule has 4 rings (SSSR count). The van der Waals surface area contributed by atoms with Crippen LogP contribution >= 0.6 is 0 Å². The maximum Gasteiger partial charge on any atom is 0.407 e. The van der Waals surface area contributed by atoms with Crippen molar-refractivity contribution in [2.24, 2.45) is 5.92 Å². The SMILES string of the molecule is CC(CC(=O)N1CCCC(CC(=O)O)C1)NC(=O)OCC1c2ccccc2-c2ccccc21. The fourth-order valence-corrected chi connectivity index (χ4v) is 4.99. The maximum absolute atomic E-state index is 12.6. The minimum atomic E-state index is -0.834. The average Bonchev–Trinajstić information content (AvgIpc) is 3.11. The third-order valence-electron chi connectivity index (χ3n) is 6.52. The van der Waals surface area contributed by atoms with Crippen LogP contribution in [0.5, 0.6) is 0 Å². The number of aliphatic carboxylic acids is 1. The predicted octanol–water partition coefficient (Wildman–Crippen LogP) is 4.02. The van der Waals surface area contributed by atoms with E-state index in [0.29, 0.717) is 13.1 Å². The van der Waals surface area contributed by atoms with Crippen LogP contribution in [0.15, 0.2) is 48.5 Å². The van der Waals surface area contributed by atoms with Crippen molar-refractivity contribution in [3.8, 4) is 11.1 Å². The van der Waals surface area contributed by atoms with Gasteiger partial charge in [0, 0.05) is 37.9 Å². The summed E-state index contributed by atoms with van der Waals surface area (Å²) in [7, 11) is 0. The molecule has 2 aromatic rings. The summed E-state index contributed by atoms with van der Waals surface area (Å²) in [4.78, 5) is 37.8. The molecule has 0 spiro atoms. The van der Waals surface area contributed by atoms with Gasteiger partial charge in [-0.05, 0) is 47.9 Å². The van der Waals surface area contributed by atoms with E-state index in [9.17, 15) is 14.4 Å². The topological polar surface area (TPSA) is 95.9 Å². The van der Waals surface area contributed by atoms with Crippen LogP contribution in [0.4, 0.5) is 4.79 Å². The van der Waals surface area contributed by atoms with Crippen molar-refractivity contribution in [1.82, 2.24) is 10.2 Å². The Bertz CT molecular complexity index is 991. The van der Waals surface area contributed by atoms with Gasteiger partial charge in [-0.15, -0.1) is 0 Å². The molecule has 2 aromatic carbocycles. The second kappa shape index (κ2) is 10.1. The fourth-order valence-electron chi connectivity index (χ4n) is 4.99. The zero-order valence-electron chi connectivity index (χ0n) is 18.8. The monoisotopic (exact) mass is 450 g/mol. The fraction of sp³-hybridized carbons (Fsp3) is 0.423. The van der Waals surface area contributed by atoms with Gasteiger partial charge < -0.3 is 20.1 Å². The summed E-state index contributed by atoms with van der Waals surface area (Å²) in [6.07, 6.45) is 1.32. The van der Waals surface area contributed by atoms with E-state index < -0.39 is 12.1 Å². The highest BCUT2D eigenvalue weighted by molar-refractivity contribution is 5.80. The van der Waals surface area contributed by atoms with E-state index in [-0.39, 0.29) is 43.2 Å². The number of ether oxygens (including phenoxy) is 1. The molecule has 0 bridgehead atoms. The minimum Gasteiger partial charge on any atom is -0.481 e. The van der Waals surface area contributed by atoms with Crippen LogP contribution in [0.25, 0.3) is 11.1 Å². The van der Waals surface area contributed by atoms with Gasteiger partial charge in [-0.2, -0.15) is 0 Å². The van der Waals surface area contributed by atoms with Gasteiger partial charge in [0.05, 0.1) is 0 Å². The molecule has 2 amide bonds. The van der Waals surface area contributed by atoms with Gasteiger partial charge in [-0.3, -0.25) is 9.59 Å². The quantitative estimate of drug-likeness (QED) is 0.664. The number of fused-ring (bicyclic) bond motifs is 3. The van der Waals surface area contributed by atoms with Gasteiger partial charge >= 0.3 is 12.1 Å². The Morgan fingerprint density at radius 3 is 2.36 bits per heavy atom. The molecule has 1 heterocycles. The molecule has 2 aliphatic rings. The first-order chi connectivity index (χ1) is 15.9. The Balaban J connectivity index is 1.28. The van der Waals surface area contributed by atoms with Crippen LogP contribution in [0.2, 0.25) is 0 Å². The first kappa shape index (κ1) is 22.8. The average molecular weight is 451 g/mol. The predicted molar refractivity (Wildman–Crippen MR) is 124 cm³/mol. The number of alkyl carbamates (subject to hydrolysis) is 1. The number of hydrogen-bond donors (Lipinski definition) is 2. The Labute approximate surface area is 193 Å². The molecular weight excluding hydrogens is 420 g/mol. The van der Waals surface area contributed by atoms with E-state index in [2.05, 4.69) is 29.6 Å². The number of carbonyl (C=O) groups is 3. The molecule has 7 nitrogen and oxygen atoms in total. The number of nitrogens with one attached hydrogen (secondary N) is 1. The highest BCUT2D eigenvalue weighted by Gasteiger charge is 2.30. The second-order valence-corrected chi connectivity index (χ2v) is 9.02. The first-order valence-corrected chi connectivity index (χ1v) is 11.5. The van der Waals surface area contributed by atoms with Gasteiger partial charge in [0.2, 0.25) is 5.91 Å². The Morgan fingerprint density at radius 1 is 1.09 bits per heavy atom. The number of carboxylic acid groups (broad SMARTS) is 1. The number of carboxylic acids is 1. The summed E-state index contributed by atoms with van der Waals surface area (Å²) in [5.74, 6) is -0.929. The summed E-state index contributed by atoms with van der Waals surface area (Å²) in [6.45, 7) is 3.09. The minimum absolute atomic E-state index is 0.00871. The number of amides is 2. The van der Waals surface area contributed by atoms with Gasteiger partial charge in [0.25, 0.3) is 0 Å². The lowest BCUT2D eigenvalue weighted by Crippen LogP contribution is -2.44. The van der Waals surface area contributed by atoms with Crippen LogP contribution in [0.1, 0.15) is 49.7 Å². The summed E-state index contributed by atoms with van der Waals surface area (Å²) in [5.41, 5.74) is 4.64. The molecule has 1 aliphatic carbocycles. The van der Waals surface area contributed by atoms with Crippen molar-refractivity contribution in [2.75, 3.05) is 19.7 Å². The zero-order chi connectivity index (χ0) is 23.4. The van der Waals surface area contributed by atoms with E-state index in [1.165, 1.54) is 11.1 Å². The molecule has 2 atom stereocenters. The summed E-state index contributed by atoms with van der Waals surface area (Å²) >= 11 is 0. The lowest BCUT2D eigenvalue weighted by Gasteiger charge is -2.32. The molecule has 0 saturated carbocycles. The number of piperidine rings is 1. The smallest absolute Gasteiger partial charge is 0.407 e. The number of likely N-dealkylation sites (tertiary alicyclic amines) is 1. The van der Waals surface area contributed by atoms with E-state index in [4.69, 9.17) is 9.84 Å². The lowest BCUT2D eigenvalue weighted by atomic mass is 9.94. The van der Waals surface area contributed by atoms with Crippen molar-refractivity contribution in [3.63, 3.8) is 0 Å². The Kier molecular flexibility index (Phi) is 6.96. The van der Waals surface area contributed by atoms with E-state index in [0.717, 1.165) is 24.0 Å². The molecule has 2 N–H and O–H groups in total. The summed E-state index contributed by atoms with van der Waals surface area (Å²) in [6, 6.07) is 15.9. The van der Waals surface area contributed by atoms with Crippen LogP contribution in [0.3, 0.4) is 0 Å². The highest BCUT2D eigenvalue weighted by Crippen LogP contribution is 2.44. The van der Waals surface area contributed by atoms with Crippen molar-refractivity contribution < 1.29 is 24.2 Å². The Morgan fingerprint density at radius 2 is 1.73 bits per heavy atom. The summed E-state index contributed by atoms with van der Waals surface area (Å²) in [5, 5.41) is 11.8. The molecule has 174 valence electrons. The van der Waals surface area contributed by atoms with Crippen molar-refractivity contribution in [1.29, 1.82) is 0 Å². The third-order valence-corrected chi connectivity index (χ3v) is 6.52. The van der Waals surface area contributed by atoms with Gasteiger partial charge in [0.1, 0.15) is 6.61 Å². The number of benzene rings is 2. The van der Waals surface area contributed by atoms with Crippen molar-refractivity contribution in [3.05, 3.63) is 59.7 Å². The molecule has 0 radical (unpaired) electrons. The zero-order valence-corrected chi connectivity index (χ0v) is 18.8. The standard InChI is InChI=1S/C26H30N2O5/c1-17(13-24(29)28-12-6-7-18(15-28)14-25(30)31)27-26(32)33-16-23-21-10-4-2-8-19(21)20-9-3-5-11-22(20)23/h2-5,8-11,17-18,23H,6-7,12-16H2,1H3,(H,27,32)(H,30,31). The molecule has 1 fully saturated rings. The van der Waals surface area contributed by atoms with Crippen LogP contribution in [-0.4, -0.2) is 53.7 Å². The van der Waals surface area contributed by atoms with E-state index in [1.54, 1.807) is 11.8 Å². The van der Waals surface area contributed by atoms with Crippen LogP contribution in [-0.2, 0) is 14.3 Å². The largest absolute Gasteiger partial charge is 0.481 e. The molecule has 33 heavy (non-hydrogen) atoms. The molecular formula is C26H30N2O5. The molecule has 1 saturated heterocycles. The van der Waals surface area contributed by atoms with Gasteiger partial charge in [0.15, 0.2) is 0 Å². The van der Waals surface area contributed by atoms with Gasteiger partial charge in [-0.1, -0.05) is 48.5 Å². The number of carbonyl (C=O) groups excluding carboxylic acids is 2. The maximum atomic E-state index is 12.6. The second-order valence-electron chi connectivity index (χ2n) is 9.02. The number of hydrogen-bond acceptors (Lipinski definition) is 4. The molecule has 0 aromatic heterocycles. The van der Waals surface area contributed by atoms with Crippen LogP contribution < -0.4 is 5.32 Å². The van der Waals surface area contributed by atoms with E-state index in [1.807, 2.05) is 24.3 Å². The van der Waals surface area contributed by atoms with Crippen molar-refractivity contribution in [2.45, 2.75) is 44.6 Å². The lowest BCUT2D eigenvalue weighted by molar-refractivity contribution is -0.140. The molecule has 2 unspecified atom stereocenters. The molecule has 1 aliphatic heterocycles. The normalized spacial score (nSPS) is 18.2. The van der Waals surface area contributed by atoms with E-state index >= 15 is 0 Å². The highest BCUT2D eigenvalue weighted by atomic mass is 16.5. The summed E-state index contributed by atoms with van der Waals surface area (Å²) < 4.78 is 5.56. The first-order valence-electron chi connectivity index (χ1n) is 11.5. The van der Waals surface area contributed by atoms with Crippen molar-refractivity contribution >= 4 is 18.0 Å². The Hall–Kier alpha value is -3.35. The van der Waals surface area contributed by atoms with Crippen LogP contribution in [0, 0.1) is 5.92 Å². The molecule has 7 heteroatoms. The number of rotatable bonds is 7. The van der Waals surface area contributed by atoms with Gasteiger partial charge in [-0.25, -0.2) is 4.79 Å². The third kappa shape index (κ3) is 5.35. The number of nitrogens with zero attached hydrogens (tertiary/aromatic N) is 1.